The smallest absolute Gasteiger partial charge is 0.379 e. The molecule has 0 amide bonds. The van der Waals surface area contributed by atoms with Gasteiger partial charge in [-0.25, -0.2) is 4.79 Å². The Labute approximate surface area is 132 Å². The number of fused-ring (bicyclic) bond motifs is 1. The van der Waals surface area contributed by atoms with Crippen LogP contribution in [-0.4, -0.2) is 13.1 Å². The van der Waals surface area contributed by atoms with Gasteiger partial charge in [0.05, 0.1) is 18.7 Å². The highest BCUT2D eigenvalue weighted by atomic mass is 16.5. The quantitative estimate of drug-likeness (QED) is 0.543. The topological polar surface area (TPSA) is 72.5 Å². The number of furan rings is 1. The second kappa shape index (κ2) is 5.85. The standard InChI is InChI=1S/C18H13NO4/c1-11-15-9-13(21-2)6-7-16(15)23-17(11)18(20)22-14-5-3-4-12(8-14)10-19/h3-9H,1-2H3. The van der Waals surface area contributed by atoms with Crippen molar-refractivity contribution in [2.45, 2.75) is 6.92 Å². The van der Waals surface area contributed by atoms with E-state index in [4.69, 9.17) is 19.2 Å². The molecule has 0 aliphatic rings. The van der Waals surface area contributed by atoms with Gasteiger partial charge in [-0.05, 0) is 43.3 Å². The van der Waals surface area contributed by atoms with Gasteiger partial charge in [-0.3, -0.25) is 0 Å². The third-order valence-corrected chi connectivity index (χ3v) is 3.50. The summed E-state index contributed by atoms with van der Waals surface area (Å²) in [5, 5.41) is 9.67. The monoisotopic (exact) mass is 307 g/mol. The molecule has 0 bridgehead atoms. The molecule has 0 saturated carbocycles. The van der Waals surface area contributed by atoms with Crippen LogP contribution in [0.4, 0.5) is 0 Å². The van der Waals surface area contributed by atoms with Crippen LogP contribution in [0.15, 0.2) is 46.9 Å². The van der Waals surface area contributed by atoms with Gasteiger partial charge in [0, 0.05) is 10.9 Å². The Morgan fingerprint density at radius 2 is 2.00 bits per heavy atom. The molecule has 23 heavy (non-hydrogen) atoms. The summed E-state index contributed by atoms with van der Waals surface area (Å²) in [5.41, 5.74) is 1.68. The molecule has 0 atom stereocenters. The summed E-state index contributed by atoms with van der Waals surface area (Å²) in [7, 11) is 1.58. The molecule has 0 radical (unpaired) electrons. The molecule has 0 aliphatic carbocycles. The van der Waals surface area contributed by atoms with E-state index in [9.17, 15) is 4.79 Å². The zero-order valence-corrected chi connectivity index (χ0v) is 12.6. The first-order valence-corrected chi connectivity index (χ1v) is 6.92. The lowest BCUT2D eigenvalue weighted by atomic mass is 10.1. The summed E-state index contributed by atoms with van der Waals surface area (Å²) in [6.07, 6.45) is 0. The van der Waals surface area contributed by atoms with Crippen LogP contribution >= 0.6 is 0 Å². The molecule has 3 aromatic rings. The van der Waals surface area contributed by atoms with E-state index in [1.807, 2.05) is 6.07 Å². The number of carbonyl (C=O) groups excluding carboxylic acids is 1. The summed E-state index contributed by atoms with van der Waals surface area (Å²) in [5.74, 6) is 0.512. The number of nitrogens with zero attached hydrogens (tertiary/aromatic N) is 1. The lowest BCUT2D eigenvalue weighted by Crippen LogP contribution is -2.08. The molecule has 0 N–H and O–H groups in total. The van der Waals surface area contributed by atoms with Gasteiger partial charge >= 0.3 is 5.97 Å². The molecule has 1 aromatic heterocycles. The Balaban J connectivity index is 1.94. The van der Waals surface area contributed by atoms with Crippen molar-refractivity contribution in [3.63, 3.8) is 0 Å². The normalized spacial score (nSPS) is 10.3. The van der Waals surface area contributed by atoms with E-state index in [1.165, 1.54) is 6.07 Å². The molecular formula is C18H13NO4. The van der Waals surface area contributed by atoms with Gasteiger partial charge in [0.15, 0.2) is 0 Å². The summed E-state index contributed by atoms with van der Waals surface area (Å²) in [6, 6.07) is 13.7. The molecule has 5 nitrogen and oxygen atoms in total. The highest BCUT2D eigenvalue weighted by Crippen LogP contribution is 2.29. The largest absolute Gasteiger partial charge is 0.497 e. The number of rotatable bonds is 3. The molecule has 0 spiro atoms. The fourth-order valence-corrected chi connectivity index (χ4v) is 2.30. The first-order valence-electron chi connectivity index (χ1n) is 6.92. The van der Waals surface area contributed by atoms with Crippen molar-refractivity contribution in [3.05, 3.63) is 59.4 Å². The highest BCUT2D eigenvalue weighted by molar-refractivity contribution is 5.97. The number of hydrogen-bond donors (Lipinski definition) is 0. The van der Waals surface area contributed by atoms with Gasteiger partial charge in [0.25, 0.3) is 0 Å². The number of aryl methyl sites for hydroxylation is 1. The molecular weight excluding hydrogens is 294 g/mol. The maximum Gasteiger partial charge on any atom is 0.379 e. The molecule has 2 aromatic carbocycles. The van der Waals surface area contributed by atoms with Gasteiger partial charge in [0.2, 0.25) is 5.76 Å². The second-order valence-corrected chi connectivity index (χ2v) is 4.95. The summed E-state index contributed by atoms with van der Waals surface area (Å²) >= 11 is 0. The van der Waals surface area contributed by atoms with Crippen molar-refractivity contribution in [2.75, 3.05) is 7.11 Å². The van der Waals surface area contributed by atoms with E-state index in [1.54, 1.807) is 50.4 Å². The number of hydrogen-bond acceptors (Lipinski definition) is 5. The molecule has 1 heterocycles. The van der Waals surface area contributed by atoms with Crippen molar-refractivity contribution in [3.8, 4) is 17.6 Å². The Hall–Kier alpha value is -3.26. The van der Waals surface area contributed by atoms with Gasteiger partial charge in [-0.15, -0.1) is 0 Å². The first kappa shape index (κ1) is 14.7. The van der Waals surface area contributed by atoms with Crippen LogP contribution in [0, 0.1) is 18.3 Å². The molecule has 114 valence electrons. The highest BCUT2D eigenvalue weighted by Gasteiger charge is 2.20. The number of methoxy groups -OCH3 is 1. The van der Waals surface area contributed by atoms with Gasteiger partial charge in [-0.2, -0.15) is 5.26 Å². The van der Waals surface area contributed by atoms with Crippen LogP contribution in [0.1, 0.15) is 21.7 Å². The summed E-state index contributed by atoms with van der Waals surface area (Å²) in [4.78, 5) is 12.3. The number of benzene rings is 2. The SMILES string of the molecule is COc1ccc2oc(C(=O)Oc3cccc(C#N)c3)c(C)c2c1. The van der Waals surface area contributed by atoms with Crippen LogP contribution in [-0.2, 0) is 0 Å². The van der Waals surface area contributed by atoms with Crippen LogP contribution in [0.25, 0.3) is 11.0 Å². The van der Waals surface area contributed by atoms with E-state index in [0.29, 0.717) is 28.2 Å². The average molecular weight is 307 g/mol. The van der Waals surface area contributed by atoms with Crippen molar-refractivity contribution in [1.29, 1.82) is 5.26 Å². The van der Waals surface area contributed by atoms with E-state index < -0.39 is 5.97 Å². The molecule has 0 aliphatic heterocycles. The van der Waals surface area contributed by atoms with E-state index >= 15 is 0 Å². The van der Waals surface area contributed by atoms with Gasteiger partial charge in [0.1, 0.15) is 17.1 Å². The molecule has 0 unspecified atom stereocenters. The third-order valence-electron chi connectivity index (χ3n) is 3.50. The minimum Gasteiger partial charge on any atom is -0.497 e. The lowest BCUT2D eigenvalue weighted by molar-refractivity contribution is 0.0703. The third kappa shape index (κ3) is 2.74. The van der Waals surface area contributed by atoms with Gasteiger partial charge in [-0.1, -0.05) is 6.07 Å². The molecule has 0 fully saturated rings. The summed E-state index contributed by atoms with van der Waals surface area (Å²) in [6.45, 7) is 1.79. The Morgan fingerprint density at radius 1 is 1.17 bits per heavy atom. The van der Waals surface area contributed by atoms with Gasteiger partial charge < -0.3 is 13.9 Å². The van der Waals surface area contributed by atoms with E-state index in [-0.39, 0.29) is 5.76 Å². The van der Waals surface area contributed by atoms with Crippen molar-refractivity contribution in [1.82, 2.24) is 0 Å². The van der Waals surface area contributed by atoms with Crippen molar-refractivity contribution in [2.24, 2.45) is 0 Å². The fraction of sp³-hybridized carbons (Fsp3) is 0.111. The number of nitriles is 1. The summed E-state index contributed by atoms with van der Waals surface area (Å²) < 4.78 is 16.1. The van der Waals surface area contributed by atoms with Crippen molar-refractivity contribution < 1.29 is 18.7 Å². The minimum absolute atomic E-state index is 0.135. The number of esters is 1. The number of ether oxygens (including phenoxy) is 2. The van der Waals surface area contributed by atoms with E-state index in [2.05, 4.69) is 0 Å². The minimum atomic E-state index is -0.604. The Bertz CT molecular complexity index is 934. The average Bonchev–Trinajstić information content (AvgIpc) is 2.91. The van der Waals surface area contributed by atoms with Crippen LogP contribution < -0.4 is 9.47 Å². The zero-order chi connectivity index (χ0) is 16.4. The fourth-order valence-electron chi connectivity index (χ4n) is 2.30. The van der Waals surface area contributed by atoms with Crippen molar-refractivity contribution >= 4 is 16.9 Å². The Morgan fingerprint density at radius 3 is 2.74 bits per heavy atom. The predicted octanol–water partition coefficient (Wildman–Crippen LogP) is 3.84. The maximum absolute atomic E-state index is 12.3. The van der Waals surface area contributed by atoms with Crippen LogP contribution in [0.2, 0.25) is 0 Å². The predicted molar refractivity (Wildman–Crippen MR) is 83.6 cm³/mol. The van der Waals surface area contributed by atoms with Crippen LogP contribution in [0.3, 0.4) is 0 Å². The number of carbonyl (C=O) groups is 1. The molecule has 5 heteroatoms. The zero-order valence-electron chi connectivity index (χ0n) is 12.6. The molecule has 3 rings (SSSR count). The lowest BCUT2D eigenvalue weighted by Gasteiger charge is -2.02. The van der Waals surface area contributed by atoms with E-state index in [0.717, 1.165) is 5.39 Å². The Kier molecular flexibility index (Phi) is 3.73. The second-order valence-electron chi connectivity index (χ2n) is 4.95. The van der Waals surface area contributed by atoms with Crippen LogP contribution in [0.5, 0.6) is 11.5 Å². The molecule has 0 saturated heterocycles. The first-order chi connectivity index (χ1) is 11.1. The maximum atomic E-state index is 12.3.